The second-order valence-corrected chi connectivity index (χ2v) is 7.26. The molecule has 4 nitrogen and oxygen atoms in total. The van der Waals surface area contributed by atoms with Gasteiger partial charge in [-0.25, -0.2) is 0 Å². The molecule has 2 saturated carbocycles. The summed E-state index contributed by atoms with van der Waals surface area (Å²) in [5, 5.41) is 7.03. The van der Waals surface area contributed by atoms with Gasteiger partial charge in [-0.3, -0.25) is 4.79 Å². The Morgan fingerprint density at radius 2 is 1.78 bits per heavy atom. The number of rotatable bonds is 5. The molecule has 0 aromatic heterocycles. The van der Waals surface area contributed by atoms with E-state index in [0.717, 1.165) is 44.5 Å². The summed E-state index contributed by atoms with van der Waals surface area (Å²) >= 11 is 0. The Balaban J connectivity index is 1.51. The van der Waals surface area contributed by atoms with E-state index < -0.39 is 0 Å². The molecule has 0 unspecified atom stereocenters. The monoisotopic (exact) mass is 314 g/mol. The van der Waals surface area contributed by atoms with Crippen molar-refractivity contribution in [3.8, 4) is 0 Å². The molecule has 1 aromatic carbocycles. The van der Waals surface area contributed by atoms with Crippen molar-refractivity contribution >= 4 is 5.91 Å². The molecule has 4 rings (SSSR count). The summed E-state index contributed by atoms with van der Waals surface area (Å²) in [6.07, 6.45) is 8.00. The van der Waals surface area contributed by atoms with Crippen LogP contribution in [0.5, 0.6) is 0 Å². The number of ether oxygens (including phenoxy) is 1. The minimum absolute atomic E-state index is 0.0503. The van der Waals surface area contributed by atoms with Gasteiger partial charge in [0, 0.05) is 36.4 Å². The van der Waals surface area contributed by atoms with Crippen LogP contribution < -0.4 is 10.6 Å². The first-order chi connectivity index (χ1) is 11.3. The van der Waals surface area contributed by atoms with E-state index in [1.54, 1.807) is 0 Å². The molecular weight excluding hydrogens is 288 g/mol. The molecule has 1 aliphatic heterocycles. The standard InChI is InChI=1S/C19H26N2O2/c22-18(20-14-8-12-23-13-9-14)16-6-1-2-7-17(16)19(10-11-19)21-15-4-3-5-15/h1-2,6-7,14-15,21H,3-5,8-13H2,(H,20,22). The van der Waals surface area contributed by atoms with Crippen LogP contribution in [-0.2, 0) is 10.3 Å². The summed E-state index contributed by atoms with van der Waals surface area (Å²) in [5.41, 5.74) is 2.09. The molecule has 1 heterocycles. The van der Waals surface area contributed by atoms with Crippen LogP contribution in [0, 0.1) is 0 Å². The SMILES string of the molecule is O=C(NC1CCOCC1)c1ccccc1C1(NC2CCC2)CC1. The van der Waals surface area contributed by atoms with Crippen molar-refractivity contribution in [3.63, 3.8) is 0 Å². The molecule has 2 N–H and O–H groups in total. The van der Waals surface area contributed by atoms with Crippen LogP contribution >= 0.6 is 0 Å². The Labute approximate surface area is 138 Å². The van der Waals surface area contributed by atoms with E-state index in [9.17, 15) is 4.79 Å². The fraction of sp³-hybridized carbons (Fsp3) is 0.632. The summed E-state index contributed by atoms with van der Waals surface area (Å²) in [4.78, 5) is 12.8. The van der Waals surface area contributed by atoms with Crippen LogP contribution in [0.15, 0.2) is 24.3 Å². The molecule has 0 atom stereocenters. The molecule has 4 heteroatoms. The zero-order valence-electron chi connectivity index (χ0n) is 13.6. The second-order valence-electron chi connectivity index (χ2n) is 7.26. The summed E-state index contributed by atoms with van der Waals surface area (Å²) in [7, 11) is 0. The van der Waals surface area contributed by atoms with Gasteiger partial charge in [-0.15, -0.1) is 0 Å². The quantitative estimate of drug-likeness (QED) is 0.878. The van der Waals surface area contributed by atoms with Gasteiger partial charge in [0.1, 0.15) is 0 Å². The Bertz CT molecular complexity index is 572. The van der Waals surface area contributed by atoms with Gasteiger partial charge in [-0.05, 0) is 50.2 Å². The molecule has 3 fully saturated rings. The topological polar surface area (TPSA) is 50.4 Å². The fourth-order valence-electron chi connectivity index (χ4n) is 3.76. The molecule has 3 aliphatic rings. The average Bonchev–Trinajstić information content (AvgIpc) is 3.33. The summed E-state index contributed by atoms with van der Waals surface area (Å²) < 4.78 is 5.38. The predicted molar refractivity (Wildman–Crippen MR) is 89.4 cm³/mol. The third kappa shape index (κ3) is 3.15. The molecule has 1 saturated heterocycles. The van der Waals surface area contributed by atoms with E-state index in [4.69, 9.17) is 4.74 Å². The Morgan fingerprint density at radius 1 is 1.04 bits per heavy atom. The third-order valence-corrected chi connectivity index (χ3v) is 5.58. The van der Waals surface area contributed by atoms with Gasteiger partial charge < -0.3 is 15.4 Å². The smallest absolute Gasteiger partial charge is 0.251 e. The Morgan fingerprint density at radius 3 is 2.43 bits per heavy atom. The molecular formula is C19H26N2O2. The van der Waals surface area contributed by atoms with E-state index in [1.165, 1.54) is 24.8 Å². The first-order valence-corrected chi connectivity index (χ1v) is 9.03. The Hall–Kier alpha value is -1.39. The number of amides is 1. The zero-order chi connectivity index (χ0) is 15.7. The fourth-order valence-corrected chi connectivity index (χ4v) is 3.76. The van der Waals surface area contributed by atoms with E-state index >= 15 is 0 Å². The lowest BCUT2D eigenvalue weighted by Gasteiger charge is -2.33. The molecule has 0 bridgehead atoms. The van der Waals surface area contributed by atoms with Crippen LogP contribution in [0.4, 0.5) is 0 Å². The van der Waals surface area contributed by atoms with E-state index in [2.05, 4.69) is 22.8 Å². The number of hydrogen-bond acceptors (Lipinski definition) is 3. The van der Waals surface area contributed by atoms with Crippen molar-refractivity contribution in [2.24, 2.45) is 0 Å². The normalized spacial score (nSPS) is 24.0. The van der Waals surface area contributed by atoms with Crippen molar-refractivity contribution in [2.45, 2.75) is 62.6 Å². The lowest BCUT2D eigenvalue weighted by atomic mass is 9.89. The molecule has 1 amide bonds. The lowest BCUT2D eigenvalue weighted by Crippen LogP contribution is -2.44. The van der Waals surface area contributed by atoms with Crippen molar-refractivity contribution in [1.29, 1.82) is 0 Å². The third-order valence-electron chi connectivity index (χ3n) is 5.58. The molecule has 2 aliphatic carbocycles. The van der Waals surface area contributed by atoms with Gasteiger partial charge in [0.15, 0.2) is 0 Å². The highest BCUT2D eigenvalue weighted by Gasteiger charge is 2.47. The first kappa shape index (κ1) is 15.2. The number of carbonyl (C=O) groups excluding carboxylic acids is 1. The number of carbonyl (C=O) groups is 1. The van der Waals surface area contributed by atoms with E-state index in [0.29, 0.717) is 6.04 Å². The number of hydrogen-bond donors (Lipinski definition) is 2. The maximum Gasteiger partial charge on any atom is 0.251 e. The van der Waals surface area contributed by atoms with Crippen molar-refractivity contribution in [1.82, 2.24) is 10.6 Å². The molecule has 23 heavy (non-hydrogen) atoms. The summed E-state index contributed by atoms with van der Waals surface area (Å²) in [6.45, 7) is 1.50. The molecule has 1 aromatic rings. The summed E-state index contributed by atoms with van der Waals surface area (Å²) in [5.74, 6) is 0.0779. The lowest BCUT2D eigenvalue weighted by molar-refractivity contribution is 0.0695. The van der Waals surface area contributed by atoms with Gasteiger partial charge >= 0.3 is 0 Å². The second kappa shape index (κ2) is 6.25. The number of nitrogens with one attached hydrogen (secondary N) is 2. The maximum absolute atomic E-state index is 12.8. The highest BCUT2D eigenvalue weighted by atomic mass is 16.5. The largest absolute Gasteiger partial charge is 0.381 e. The van der Waals surface area contributed by atoms with Gasteiger partial charge in [0.25, 0.3) is 5.91 Å². The van der Waals surface area contributed by atoms with Crippen molar-refractivity contribution < 1.29 is 9.53 Å². The van der Waals surface area contributed by atoms with Gasteiger partial charge in [-0.2, -0.15) is 0 Å². The summed E-state index contributed by atoms with van der Waals surface area (Å²) in [6, 6.07) is 9.04. The van der Waals surface area contributed by atoms with E-state index in [-0.39, 0.29) is 17.5 Å². The van der Waals surface area contributed by atoms with Crippen molar-refractivity contribution in [3.05, 3.63) is 35.4 Å². The average molecular weight is 314 g/mol. The zero-order valence-corrected chi connectivity index (χ0v) is 13.6. The van der Waals surface area contributed by atoms with Crippen LogP contribution in [0.25, 0.3) is 0 Å². The van der Waals surface area contributed by atoms with Crippen LogP contribution in [-0.4, -0.2) is 31.2 Å². The Kier molecular flexibility index (Phi) is 4.12. The van der Waals surface area contributed by atoms with Crippen LogP contribution in [0.2, 0.25) is 0 Å². The molecule has 0 radical (unpaired) electrons. The minimum atomic E-state index is 0.0503. The van der Waals surface area contributed by atoms with Crippen LogP contribution in [0.1, 0.15) is 60.9 Å². The van der Waals surface area contributed by atoms with Gasteiger partial charge in [-0.1, -0.05) is 24.6 Å². The van der Waals surface area contributed by atoms with Crippen molar-refractivity contribution in [2.75, 3.05) is 13.2 Å². The predicted octanol–water partition coefficient (Wildman–Crippen LogP) is 2.73. The number of benzene rings is 1. The highest BCUT2D eigenvalue weighted by molar-refractivity contribution is 5.96. The van der Waals surface area contributed by atoms with Gasteiger partial charge in [0.05, 0.1) is 0 Å². The first-order valence-electron chi connectivity index (χ1n) is 9.03. The van der Waals surface area contributed by atoms with E-state index in [1.807, 2.05) is 12.1 Å². The highest BCUT2D eigenvalue weighted by Crippen LogP contribution is 2.48. The van der Waals surface area contributed by atoms with Gasteiger partial charge in [0.2, 0.25) is 0 Å². The van der Waals surface area contributed by atoms with Crippen LogP contribution in [0.3, 0.4) is 0 Å². The molecule has 124 valence electrons. The molecule has 0 spiro atoms. The maximum atomic E-state index is 12.8. The minimum Gasteiger partial charge on any atom is -0.381 e.